The molecule has 0 saturated heterocycles. The first-order valence-electron chi connectivity index (χ1n) is 4.47. The van der Waals surface area contributed by atoms with Crippen molar-refractivity contribution in [3.05, 3.63) is 34.9 Å². The van der Waals surface area contributed by atoms with E-state index in [1.165, 1.54) is 0 Å². The predicted octanol–water partition coefficient (Wildman–Crippen LogP) is 3.52. The topological polar surface area (TPSA) is 17.1 Å². The minimum atomic E-state index is -1.48. The zero-order chi connectivity index (χ0) is 10.7. The minimum absolute atomic E-state index is 0.260. The van der Waals surface area contributed by atoms with Gasteiger partial charge in [0, 0.05) is 5.56 Å². The van der Waals surface area contributed by atoms with Gasteiger partial charge < -0.3 is 0 Å². The van der Waals surface area contributed by atoms with Crippen LogP contribution in [-0.2, 0) is 0 Å². The lowest BCUT2D eigenvalue weighted by Crippen LogP contribution is -2.21. The molecule has 0 bridgehead atoms. The van der Waals surface area contributed by atoms with Gasteiger partial charge in [-0.1, -0.05) is 37.6 Å². The molecular formula is C11H12ClFO. The highest BCUT2D eigenvalue weighted by molar-refractivity contribution is 6.34. The van der Waals surface area contributed by atoms with Crippen molar-refractivity contribution in [1.29, 1.82) is 0 Å². The first kappa shape index (κ1) is 11.2. The highest BCUT2D eigenvalue weighted by Crippen LogP contribution is 2.20. The summed E-state index contributed by atoms with van der Waals surface area (Å²) < 4.78 is 13.4. The average Bonchev–Trinajstić information content (AvgIpc) is 2.16. The van der Waals surface area contributed by atoms with Crippen molar-refractivity contribution in [1.82, 2.24) is 0 Å². The summed E-state index contributed by atoms with van der Waals surface area (Å²) in [7, 11) is 0. The molecule has 3 heteroatoms. The van der Waals surface area contributed by atoms with Crippen molar-refractivity contribution >= 4 is 17.4 Å². The molecule has 0 aliphatic heterocycles. The third kappa shape index (κ3) is 2.32. The fourth-order valence-electron chi connectivity index (χ4n) is 1.11. The summed E-state index contributed by atoms with van der Waals surface area (Å²) in [5, 5.41) is 0.306. The summed E-state index contributed by atoms with van der Waals surface area (Å²) >= 11 is 5.78. The van der Waals surface area contributed by atoms with Crippen LogP contribution in [0.2, 0.25) is 5.02 Å². The molecule has 0 N–H and O–H groups in total. The maximum atomic E-state index is 13.4. The van der Waals surface area contributed by atoms with E-state index in [4.69, 9.17) is 11.6 Å². The first-order valence-corrected chi connectivity index (χ1v) is 4.84. The van der Waals surface area contributed by atoms with Gasteiger partial charge in [0.25, 0.3) is 0 Å². The summed E-state index contributed by atoms with van der Waals surface area (Å²) in [6, 6.07) is 6.51. The number of carbonyl (C=O) groups is 1. The zero-order valence-electron chi connectivity index (χ0n) is 8.13. The largest absolute Gasteiger partial charge is 0.291 e. The maximum absolute atomic E-state index is 13.4. The molecule has 76 valence electrons. The second kappa shape index (κ2) is 4.56. The normalized spacial score (nSPS) is 12.9. The van der Waals surface area contributed by atoms with E-state index in [1.54, 1.807) is 38.1 Å². The number of Topliss-reactive ketones (excluding diaryl/α,β-unsaturated/α-hetero) is 1. The Morgan fingerprint density at radius 1 is 1.36 bits per heavy atom. The summed E-state index contributed by atoms with van der Waals surface area (Å²) in [4.78, 5) is 11.5. The van der Waals surface area contributed by atoms with Crippen molar-refractivity contribution in [3.63, 3.8) is 0 Å². The quantitative estimate of drug-likeness (QED) is 0.704. The SMILES string of the molecule is CC(C)C(F)C(=O)c1ccccc1Cl. The van der Waals surface area contributed by atoms with Gasteiger partial charge in [0.2, 0.25) is 0 Å². The fraction of sp³-hybridized carbons (Fsp3) is 0.364. The van der Waals surface area contributed by atoms with Gasteiger partial charge >= 0.3 is 0 Å². The number of hydrogen-bond acceptors (Lipinski definition) is 1. The van der Waals surface area contributed by atoms with Crippen LogP contribution in [-0.4, -0.2) is 12.0 Å². The molecule has 1 atom stereocenters. The minimum Gasteiger partial charge on any atom is -0.291 e. The van der Waals surface area contributed by atoms with Crippen LogP contribution in [0.5, 0.6) is 0 Å². The van der Waals surface area contributed by atoms with E-state index in [0.29, 0.717) is 5.02 Å². The summed E-state index contributed by atoms with van der Waals surface area (Å²) in [6.07, 6.45) is -1.48. The Hall–Kier alpha value is -0.890. The maximum Gasteiger partial charge on any atom is 0.198 e. The molecule has 0 fully saturated rings. The Kier molecular flexibility index (Phi) is 3.64. The first-order chi connectivity index (χ1) is 6.54. The lowest BCUT2D eigenvalue weighted by molar-refractivity contribution is 0.0830. The number of carbonyl (C=O) groups excluding carboxylic acids is 1. The molecule has 0 aliphatic carbocycles. The van der Waals surface area contributed by atoms with Gasteiger partial charge in [-0.2, -0.15) is 0 Å². The van der Waals surface area contributed by atoms with Gasteiger partial charge in [0.1, 0.15) is 0 Å². The second-order valence-corrected chi connectivity index (χ2v) is 3.90. The van der Waals surface area contributed by atoms with Crippen LogP contribution in [0.25, 0.3) is 0 Å². The standard InChI is InChI=1S/C11H12ClFO/c1-7(2)10(13)11(14)8-5-3-4-6-9(8)12/h3-7,10H,1-2H3. The molecule has 1 aromatic carbocycles. The van der Waals surface area contributed by atoms with Crippen LogP contribution in [0, 0.1) is 5.92 Å². The number of alkyl halides is 1. The van der Waals surface area contributed by atoms with E-state index in [0.717, 1.165) is 0 Å². The Morgan fingerprint density at radius 2 is 1.93 bits per heavy atom. The highest BCUT2D eigenvalue weighted by Gasteiger charge is 2.23. The number of halogens is 2. The zero-order valence-corrected chi connectivity index (χ0v) is 8.88. The molecule has 14 heavy (non-hydrogen) atoms. The van der Waals surface area contributed by atoms with E-state index >= 15 is 0 Å². The molecule has 1 unspecified atom stereocenters. The predicted molar refractivity (Wildman–Crippen MR) is 55.5 cm³/mol. The molecule has 1 rings (SSSR count). The third-order valence-corrected chi connectivity index (χ3v) is 2.30. The van der Waals surface area contributed by atoms with Gasteiger partial charge in [0.15, 0.2) is 12.0 Å². The van der Waals surface area contributed by atoms with E-state index in [9.17, 15) is 9.18 Å². The van der Waals surface area contributed by atoms with Crippen molar-refractivity contribution in [2.24, 2.45) is 5.92 Å². The van der Waals surface area contributed by atoms with Crippen molar-refractivity contribution in [2.45, 2.75) is 20.0 Å². The smallest absolute Gasteiger partial charge is 0.198 e. The van der Waals surface area contributed by atoms with Gasteiger partial charge in [0.05, 0.1) is 5.02 Å². The highest BCUT2D eigenvalue weighted by atomic mass is 35.5. The Bertz CT molecular complexity index is 336. The van der Waals surface area contributed by atoms with E-state index in [2.05, 4.69) is 0 Å². The van der Waals surface area contributed by atoms with E-state index in [-0.39, 0.29) is 11.5 Å². The van der Waals surface area contributed by atoms with Crippen molar-refractivity contribution in [2.75, 3.05) is 0 Å². The van der Waals surface area contributed by atoms with Crippen molar-refractivity contribution < 1.29 is 9.18 Å². The Balaban J connectivity index is 2.95. The van der Waals surface area contributed by atoms with Crippen LogP contribution in [0.1, 0.15) is 24.2 Å². The molecule has 0 aliphatic rings. The lowest BCUT2D eigenvalue weighted by atomic mass is 9.99. The van der Waals surface area contributed by atoms with Crippen LogP contribution in [0.3, 0.4) is 0 Å². The molecule has 1 aromatic rings. The van der Waals surface area contributed by atoms with Crippen LogP contribution >= 0.6 is 11.6 Å². The van der Waals surface area contributed by atoms with E-state index < -0.39 is 12.0 Å². The van der Waals surface area contributed by atoms with Crippen LogP contribution in [0.15, 0.2) is 24.3 Å². The van der Waals surface area contributed by atoms with Gasteiger partial charge in [-0.25, -0.2) is 4.39 Å². The molecule has 1 nitrogen and oxygen atoms in total. The second-order valence-electron chi connectivity index (χ2n) is 3.49. The van der Waals surface area contributed by atoms with Gasteiger partial charge in [-0.15, -0.1) is 0 Å². The fourth-order valence-corrected chi connectivity index (χ4v) is 1.34. The average molecular weight is 215 g/mol. The Labute approximate surface area is 87.9 Å². The summed E-state index contributed by atoms with van der Waals surface area (Å²) in [5.74, 6) is -0.857. The third-order valence-electron chi connectivity index (χ3n) is 1.98. The van der Waals surface area contributed by atoms with Gasteiger partial charge in [-0.05, 0) is 18.1 Å². The summed E-state index contributed by atoms with van der Waals surface area (Å²) in [6.45, 7) is 3.33. The molecule has 0 saturated carbocycles. The van der Waals surface area contributed by atoms with Gasteiger partial charge in [-0.3, -0.25) is 4.79 Å². The van der Waals surface area contributed by atoms with Crippen LogP contribution in [0.4, 0.5) is 4.39 Å². The number of ketones is 1. The number of benzene rings is 1. The lowest BCUT2D eigenvalue weighted by Gasteiger charge is -2.11. The van der Waals surface area contributed by atoms with Crippen molar-refractivity contribution in [3.8, 4) is 0 Å². The molecule has 0 heterocycles. The number of hydrogen-bond donors (Lipinski definition) is 0. The summed E-state index contributed by atoms with van der Waals surface area (Å²) in [5.41, 5.74) is 0.260. The molecule has 0 aromatic heterocycles. The molecule has 0 spiro atoms. The molecule has 0 amide bonds. The van der Waals surface area contributed by atoms with Crippen LogP contribution < -0.4 is 0 Å². The Morgan fingerprint density at radius 3 is 2.43 bits per heavy atom. The molecular weight excluding hydrogens is 203 g/mol. The number of rotatable bonds is 3. The monoisotopic (exact) mass is 214 g/mol. The molecule has 0 radical (unpaired) electrons. The van der Waals surface area contributed by atoms with E-state index in [1.807, 2.05) is 0 Å².